The zero-order valence-corrected chi connectivity index (χ0v) is 11.2. The molecule has 0 fully saturated rings. The maximum absolute atomic E-state index is 10.6. The lowest BCUT2D eigenvalue weighted by molar-refractivity contribution is 0.0690. The number of benzene rings is 1. The van der Waals surface area contributed by atoms with E-state index in [0.717, 1.165) is 22.0 Å². The van der Waals surface area contributed by atoms with Crippen molar-refractivity contribution < 1.29 is 14.3 Å². The van der Waals surface area contributed by atoms with Gasteiger partial charge in [0, 0.05) is 10.2 Å². The summed E-state index contributed by atoms with van der Waals surface area (Å²) in [6.45, 7) is 2.33. The van der Waals surface area contributed by atoms with E-state index in [4.69, 9.17) is 9.52 Å². The molecule has 0 aliphatic heterocycles. The Kier molecular flexibility index (Phi) is 3.66. The molecule has 0 aliphatic carbocycles. The lowest BCUT2D eigenvalue weighted by Crippen LogP contribution is -2.02. The molecule has 6 heteroatoms. The summed E-state index contributed by atoms with van der Waals surface area (Å²) in [4.78, 5) is 14.5. The molecule has 0 atom stereocenters. The zero-order chi connectivity index (χ0) is 13.1. The van der Waals surface area contributed by atoms with Crippen LogP contribution >= 0.6 is 15.9 Å². The highest BCUT2D eigenvalue weighted by Crippen LogP contribution is 2.23. The van der Waals surface area contributed by atoms with Crippen molar-refractivity contribution in [2.75, 3.05) is 5.32 Å². The van der Waals surface area contributed by atoms with Gasteiger partial charge in [0.15, 0.2) is 5.69 Å². The standard InChI is InChI=1S/C12H11BrN2O3/c1-7-2-3-9(8(13)4-7)14-5-11-15-10(6-18-11)12(16)17/h2-4,6,14H,5H2,1H3,(H,16,17). The average Bonchev–Trinajstić information content (AvgIpc) is 2.76. The van der Waals surface area contributed by atoms with Gasteiger partial charge in [0.1, 0.15) is 6.26 Å². The van der Waals surface area contributed by atoms with E-state index < -0.39 is 5.97 Å². The Bertz CT molecular complexity index is 580. The highest BCUT2D eigenvalue weighted by Gasteiger charge is 2.10. The Morgan fingerprint density at radius 3 is 2.94 bits per heavy atom. The lowest BCUT2D eigenvalue weighted by atomic mass is 10.2. The topological polar surface area (TPSA) is 75.4 Å². The fraction of sp³-hybridized carbons (Fsp3) is 0.167. The van der Waals surface area contributed by atoms with Gasteiger partial charge in [0.25, 0.3) is 0 Å². The molecular formula is C12H11BrN2O3. The summed E-state index contributed by atoms with van der Waals surface area (Å²) in [5, 5.41) is 11.8. The molecule has 2 rings (SSSR count). The molecule has 0 saturated heterocycles. The molecule has 0 unspecified atom stereocenters. The Balaban J connectivity index is 2.04. The second-order valence-electron chi connectivity index (χ2n) is 3.77. The zero-order valence-electron chi connectivity index (χ0n) is 9.61. The first-order chi connectivity index (χ1) is 8.56. The number of aryl methyl sites for hydroxylation is 1. The number of hydrogen-bond acceptors (Lipinski definition) is 4. The van der Waals surface area contributed by atoms with E-state index in [2.05, 4.69) is 26.2 Å². The molecule has 2 aromatic rings. The maximum Gasteiger partial charge on any atom is 0.357 e. The quantitative estimate of drug-likeness (QED) is 0.907. The highest BCUT2D eigenvalue weighted by atomic mass is 79.9. The van der Waals surface area contributed by atoms with Gasteiger partial charge in [-0.15, -0.1) is 0 Å². The largest absolute Gasteiger partial charge is 0.476 e. The molecule has 18 heavy (non-hydrogen) atoms. The number of anilines is 1. The molecular weight excluding hydrogens is 300 g/mol. The van der Waals surface area contributed by atoms with E-state index in [1.54, 1.807) is 0 Å². The SMILES string of the molecule is Cc1ccc(NCc2nc(C(=O)O)co2)c(Br)c1. The third kappa shape index (κ3) is 2.89. The fourth-order valence-electron chi connectivity index (χ4n) is 1.42. The summed E-state index contributed by atoms with van der Waals surface area (Å²) in [5.41, 5.74) is 1.96. The summed E-state index contributed by atoms with van der Waals surface area (Å²) < 4.78 is 5.98. The molecule has 0 aliphatic rings. The third-order valence-corrected chi connectivity index (χ3v) is 2.98. The van der Waals surface area contributed by atoms with Crippen molar-refractivity contribution in [2.24, 2.45) is 0 Å². The number of halogens is 1. The lowest BCUT2D eigenvalue weighted by Gasteiger charge is -2.06. The molecule has 0 spiro atoms. The van der Waals surface area contributed by atoms with Crippen LogP contribution in [0, 0.1) is 6.92 Å². The smallest absolute Gasteiger partial charge is 0.357 e. The van der Waals surface area contributed by atoms with E-state index in [1.807, 2.05) is 25.1 Å². The Labute approximate surface area is 112 Å². The van der Waals surface area contributed by atoms with Gasteiger partial charge in [0.05, 0.1) is 6.54 Å². The summed E-state index contributed by atoms with van der Waals surface area (Å²) in [7, 11) is 0. The van der Waals surface area contributed by atoms with Crippen LogP contribution in [-0.4, -0.2) is 16.1 Å². The summed E-state index contributed by atoms with van der Waals surface area (Å²) in [6.07, 6.45) is 1.13. The maximum atomic E-state index is 10.6. The van der Waals surface area contributed by atoms with Crippen LogP contribution in [0.2, 0.25) is 0 Å². The van der Waals surface area contributed by atoms with Gasteiger partial charge < -0.3 is 14.8 Å². The summed E-state index contributed by atoms with van der Waals surface area (Å²) in [6, 6.07) is 5.90. The Hall–Kier alpha value is -1.82. The first kappa shape index (κ1) is 12.6. The van der Waals surface area contributed by atoms with Crippen molar-refractivity contribution in [3.8, 4) is 0 Å². The molecule has 94 valence electrons. The number of aromatic carboxylic acids is 1. The van der Waals surface area contributed by atoms with E-state index in [0.29, 0.717) is 12.4 Å². The van der Waals surface area contributed by atoms with Crippen LogP contribution in [-0.2, 0) is 6.54 Å². The number of nitrogens with zero attached hydrogens (tertiary/aromatic N) is 1. The number of oxazole rings is 1. The average molecular weight is 311 g/mol. The molecule has 1 aromatic heterocycles. The van der Waals surface area contributed by atoms with Crippen molar-refractivity contribution in [3.63, 3.8) is 0 Å². The van der Waals surface area contributed by atoms with Gasteiger partial charge in [-0.05, 0) is 40.5 Å². The van der Waals surface area contributed by atoms with E-state index in [-0.39, 0.29) is 5.69 Å². The molecule has 1 aromatic carbocycles. The molecule has 0 amide bonds. The van der Waals surface area contributed by atoms with Crippen molar-refractivity contribution in [1.29, 1.82) is 0 Å². The van der Waals surface area contributed by atoms with Gasteiger partial charge in [-0.3, -0.25) is 0 Å². The Morgan fingerprint density at radius 1 is 1.56 bits per heavy atom. The third-order valence-electron chi connectivity index (χ3n) is 2.33. The van der Waals surface area contributed by atoms with Gasteiger partial charge >= 0.3 is 5.97 Å². The minimum atomic E-state index is -1.10. The number of hydrogen-bond donors (Lipinski definition) is 2. The number of carbonyl (C=O) groups is 1. The Morgan fingerprint density at radius 2 is 2.33 bits per heavy atom. The predicted molar refractivity (Wildman–Crippen MR) is 69.7 cm³/mol. The minimum absolute atomic E-state index is 0.0882. The minimum Gasteiger partial charge on any atom is -0.476 e. The van der Waals surface area contributed by atoms with Crippen molar-refractivity contribution in [2.45, 2.75) is 13.5 Å². The van der Waals surface area contributed by atoms with Gasteiger partial charge in [-0.25, -0.2) is 9.78 Å². The van der Waals surface area contributed by atoms with Crippen LogP contribution in [0.4, 0.5) is 5.69 Å². The first-order valence-corrected chi connectivity index (χ1v) is 6.03. The first-order valence-electron chi connectivity index (χ1n) is 5.24. The molecule has 2 N–H and O–H groups in total. The molecule has 0 bridgehead atoms. The number of carboxylic acids is 1. The van der Waals surface area contributed by atoms with Gasteiger partial charge in [0.2, 0.25) is 5.89 Å². The molecule has 0 saturated carbocycles. The van der Waals surface area contributed by atoms with Crippen LogP contribution in [0.3, 0.4) is 0 Å². The number of aromatic nitrogens is 1. The molecule has 1 heterocycles. The van der Waals surface area contributed by atoms with Crippen LogP contribution < -0.4 is 5.32 Å². The molecule has 0 radical (unpaired) electrons. The van der Waals surface area contributed by atoms with Crippen molar-refractivity contribution in [1.82, 2.24) is 4.98 Å². The summed E-state index contributed by atoms with van der Waals surface area (Å²) in [5.74, 6) is -0.763. The monoisotopic (exact) mass is 310 g/mol. The van der Waals surface area contributed by atoms with E-state index in [1.165, 1.54) is 0 Å². The van der Waals surface area contributed by atoms with Gasteiger partial charge in [-0.2, -0.15) is 0 Å². The van der Waals surface area contributed by atoms with E-state index in [9.17, 15) is 4.79 Å². The number of carboxylic acid groups (broad SMARTS) is 1. The second-order valence-corrected chi connectivity index (χ2v) is 4.62. The molecule has 5 nitrogen and oxygen atoms in total. The van der Waals surface area contributed by atoms with Gasteiger partial charge in [-0.1, -0.05) is 6.07 Å². The van der Waals surface area contributed by atoms with Crippen LogP contribution in [0.15, 0.2) is 33.4 Å². The number of rotatable bonds is 4. The van der Waals surface area contributed by atoms with Crippen molar-refractivity contribution >= 4 is 27.6 Å². The normalized spacial score (nSPS) is 10.3. The summed E-state index contributed by atoms with van der Waals surface area (Å²) >= 11 is 3.44. The van der Waals surface area contributed by atoms with E-state index >= 15 is 0 Å². The van der Waals surface area contributed by atoms with Crippen LogP contribution in [0.25, 0.3) is 0 Å². The van der Waals surface area contributed by atoms with Crippen LogP contribution in [0.1, 0.15) is 21.9 Å². The highest BCUT2D eigenvalue weighted by molar-refractivity contribution is 9.10. The predicted octanol–water partition coefficient (Wildman–Crippen LogP) is 3.06. The number of nitrogens with one attached hydrogen (secondary N) is 1. The second kappa shape index (κ2) is 5.22. The fourth-order valence-corrected chi connectivity index (χ4v) is 2.06. The van der Waals surface area contributed by atoms with Crippen LogP contribution in [0.5, 0.6) is 0 Å². The van der Waals surface area contributed by atoms with Crippen molar-refractivity contribution in [3.05, 3.63) is 46.1 Å².